The Morgan fingerprint density at radius 2 is 1.81 bits per heavy atom. The van der Waals surface area contributed by atoms with Gasteiger partial charge in [-0.25, -0.2) is 4.79 Å². The number of carbonyl (C=O) groups excluding carboxylic acids is 1. The zero-order valence-electron chi connectivity index (χ0n) is 14.5. The average molecular weight is 371 g/mol. The minimum Gasteiger partial charge on any atom is -0.478 e. The zero-order valence-corrected chi connectivity index (χ0v) is 14.5. The van der Waals surface area contributed by atoms with Gasteiger partial charge in [-0.1, -0.05) is 12.1 Å². The molecule has 1 aliphatic heterocycles. The summed E-state index contributed by atoms with van der Waals surface area (Å²) < 4.78 is 5.59. The van der Waals surface area contributed by atoms with E-state index >= 15 is 0 Å². The first-order chi connectivity index (χ1) is 13.0. The van der Waals surface area contributed by atoms with Crippen molar-refractivity contribution < 1.29 is 24.5 Å². The smallest absolute Gasteiger partial charge is 0.335 e. The van der Waals surface area contributed by atoms with E-state index in [0.717, 1.165) is 5.56 Å². The molecule has 1 amide bonds. The number of aromatic nitrogens is 1. The monoisotopic (exact) mass is 371 g/mol. The molecule has 1 saturated heterocycles. The van der Waals surface area contributed by atoms with Gasteiger partial charge in [0.15, 0.2) is 0 Å². The number of carboxylic acid groups (broad SMARTS) is 1. The number of rotatable bonds is 7. The number of nitrogens with zero attached hydrogens (tertiary/aromatic N) is 1. The van der Waals surface area contributed by atoms with Crippen LogP contribution in [0.15, 0.2) is 48.8 Å². The van der Waals surface area contributed by atoms with E-state index < -0.39 is 18.2 Å². The maximum Gasteiger partial charge on any atom is 0.335 e. The van der Waals surface area contributed by atoms with Gasteiger partial charge in [-0.3, -0.25) is 9.78 Å². The molecule has 0 radical (unpaired) electrons. The van der Waals surface area contributed by atoms with Crippen molar-refractivity contribution in [3.05, 3.63) is 65.5 Å². The summed E-state index contributed by atoms with van der Waals surface area (Å²) in [6, 6.07) is 9.49. The Balaban J connectivity index is 1.46. The molecule has 0 spiro atoms. The molecule has 2 heterocycles. The van der Waals surface area contributed by atoms with Crippen LogP contribution in [-0.2, 0) is 11.3 Å². The van der Waals surface area contributed by atoms with Crippen molar-refractivity contribution in [2.24, 2.45) is 0 Å². The molecule has 8 heteroatoms. The fraction of sp³-hybridized carbons (Fsp3) is 0.316. The van der Waals surface area contributed by atoms with Gasteiger partial charge >= 0.3 is 5.97 Å². The minimum absolute atomic E-state index is 0.202. The number of amides is 1. The second-order valence-electron chi connectivity index (χ2n) is 6.30. The van der Waals surface area contributed by atoms with Gasteiger partial charge in [-0.15, -0.1) is 0 Å². The van der Waals surface area contributed by atoms with E-state index in [1.54, 1.807) is 48.8 Å². The van der Waals surface area contributed by atoms with Gasteiger partial charge in [0.1, 0.15) is 6.10 Å². The normalized spacial score (nSPS) is 21.7. The SMILES string of the molecule is O=C(O)c1ccc(CN[C@@H]2CO[C@H](CNC(=O)c3ccncc3)[C@H]2O)cc1. The molecular formula is C19H21N3O5. The Hall–Kier alpha value is -2.81. The standard InChI is InChI=1S/C19H21N3O5/c23-17-15(21-9-12-1-3-14(4-2-12)19(25)26)11-27-16(17)10-22-18(24)13-5-7-20-8-6-13/h1-8,15-17,21,23H,9-11H2,(H,22,24)(H,25,26)/t15-,16-,17+/m1/s1. The van der Waals surface area contributed by atoms with E-state index in [9.17, 15) is 14.7 Å². The Bertz CT molecular complexity index is 782. The third kappa shape index (κ3) is 4.88. The predicted octanol–water partition coefficient (Wildman–Crippen LogP) is 0.428. The molecule has 0 aliphatic carbocycles. The maximum atomic E-state index is 12.0. The molecule has 3 rings (SSSR count). The van der Waals surface area contributed by atoms with Crippen LogP contribution in [0.3, 0.4) is 0 Å². The molecule has 0 saturated carbocycles. The predicted molar refractivity (Wildman–Crippen MR) is 96.3 cm³/mol. The van der Waals surface area contributed by atoms with Crippen molar-refractivity contribution in [2.45, 2.75) is 24.8 Å². The van der Waals surface area contributed by atoms with E-state index in [0.29, 0.717) is 18.7 Å². The topological polar surface area (TPSA) is 121 Å². The maximum absolute atomic E-state index is 12.0. The second-order valence-corrected chi connectivity index (χ2v) is 6.30. The number of nitrogens with one attached hydrogen (secondary N) is 2. The Morgan fingerprint density at radius 1 is 1.11 bits per heavy atom. The van der Waals surface area contributed by atoms with Crippen LogP contribution in [-0.4, -0.2) is 58.5 Å². The largest absolute Gasteiger partial charge is 0.478 e. The molecule has 2 aromatic rings. The van der Waals surface area contributed by atoms with Crippen LogP contribution in [0, 0.1) is 0 Å². The number of benzene rings is 1. The van der Waals surface area contributed by atoms with Crippen molar-refractivity contribution in [3.63, 3.8) is 0 Å². The number of aromatic carboxylic acids is 1. The summed E-state index contributed by atoms with van der Waals surface area (Å²) in [6.07, 6.45) is 1.82. The number of pyridine rings is 1. The molecule has 0 bridgehead atoms. The fourth-order valence-corrected chi connectivity index (χ4v) is 2.86. The molecule has 27 heavy (non-hydrogen) atoms. The summed E-state index contributed by atoms with van der Waals surface area (Å²) in [5, 5.41) is 25.3. The molecule has 0 unspecified atom stereocenters. The number of hydrogen-bond acceptors (Lipinski definition) is 6. The summed E-state index contributed by atoms with van der Waals surface area (Å²) in [5.74, 6) is -1.21. The van der Waals surface area contributed by atoms with Crippen LogP contribution in [0.5, 0.6) is 0 Å². The Kier molecular flexibility index (Phi) is 6.12. The van der Waals surface area contributed by atoms with E-state index in [1.165, 1.54) is 0 Å². The van der Waals surface area contributed by atoms with Gasteiger partial charge in [-0.05, 0) is 29.8 Å². The van der Waals surface area contributed by atoms with E-state index in [1.807, 2.05) is 0 Å². The molecule has 1 aromatic carbocycles. The zero-order chi connectivity index (χ0) is 19.2. The van der Waals surface area contributed by atoms with Crippen LogP contribution in [0.4, 0.5) is 0 Å². The molecule has 8 nitrogen and oxygen atoms in total. The molecular weight excluding hydrogens is 350 g/mol. The summed E-state index contributed by atoms with van der Waals surface area (Å²) in [6.45, 7) is 0.999. The van der Waals surface area contributed by atoms with Gasteiger partial charge in [-0.2, -0.15) is 0 Å². The first kappa shape index (κ1) is 19.0. The highest BCUT2D eigenvalue weighted by molar-refractivity contribution is 5.93. The van der Waals surface area contributed by atoms with E-state index in [4.69, 9.17) is 9.84 Å². The highest BCUT2D eigenvalue weighted by Gasteiger charge is 2.35. The lowest BCUT2D eigenvalue weighted by atomic mass is 10.1. The fourth-order valence-electron chi connectivity index (χ4n) is 2.86. The van der Waals surface area contributed by atoms with Crippen LogP contribution in [0.2, 0.25) is 0 Å². The van der Waals surface area contributed by atoms with Crippen LogP contribution in [0.25, 0.3) is 0 Å². The molecule has 142 valence electrons. The molecule has 1 fully saturated rings. The van der Waals surface area contributed by atoms with Crippen molar-refractivity contribution in [3.8, 4) is 0 Å². The van der Waals surface area contributed by atoms with Crippen LogP contribution in [0.1, 0.15) is 26.3 Å². The lowest BCUT2D eigenvalue weighted by Crippen LogP contribution is -2.44. The number of ether oxygens (including phenoxy) is 1. The summed E-state index contributed by atoms with van der Waals surface area (Å²) in [5.41, 5.74) is 1.63. The third-order valence-corrected chi connectivity index (χ3v) is 4.46. The molecule has 4 N–H and O–H groups in total. The highest BCUT2D eigenvalue weighted by Crippen LogP contribution is 2.15. The number of aliphatic hydroxyl groups excluding tert-OH is 1. The number of aliphatic hydroxyl groups is 1. The summed E-state index contributed by atoms with van der Waals surface area (Å²) in [4.78, 5) is 26.8. The number of carboxylic acids is 1. The highest BCUT2D eigenvalue weighted by atomic mass is 16.5. The first-order valence-electron chi connectivity index (χ1n) is 8.58. The van der Waals surface area contributed by atoms with Crippen LogP contribution >= 0.6 is 0 Å². The first-order valence-corrected chi connectivity index (χ1v) is 8.58. The van der Waals surface area contributed by atoms with Crippen molar-refractivity contribution in [1.29, 1.82) is 0 Å². The average Bonchev–Trinajstić information content (AvgIpc) is 3.05. The van der Waals surface area contributed by atoms with Gasteiger partial charge in [0.2, 0.25) is 0 Å². The van der Waals surface area contributed by atoms with Gasteiger partial charge in [0.05, 0.1) is 24.3 Å². The Labute approximate surface area is 156 Å². The lowest BCUT2D eigenvalue weighted by molar-refractivity contribution is 0.0398. The summed E-state index contributed by atoms with van der Waals surface area (Å²) in [7, 11) is 0. The second kappa shape index (κ2) is 8.72. The van der Waals surface area contributed by atoms with Crippen LogP contribution < -0.4 is 10.6 Å². The number of hydrogen-bond donors (Lipinski definition) is 4. The lowest BCUT2D eigenvalue weighted by Gasteiger charge is -2.19. The van der Waals surface area contributed by atoms with Gasteiger partial charge in [0.25, 0.3) is 5.91 Å². The van der Waals surface area contributed by atoms with Crippen molar-refractivity contribution >= 4 is 11.9 Å². The molecule has 1 aliphatic rings. The van der Waals surface area contributed by atoms with Gasteiger partial charge in [0, 0.05) is 31.0 Å². The molecule has 1 aromatic heterocycles. The van der Waals surface area contributed by atoms with Crippen molar-refractivity contribution in [1.82, 2.24) is 15.6 Å². The summed E-state index contributed by atoms with van der Waals surface area (Å²) >= 11 is 0. The Morgan fingerprint density at radius 3 is 2.48 bits per heavy atom. The van der Waals surface area contributed by atoms with E-state index in [2.05, 4.69) is 15.6 Å². The quantitative estimate of drug-likeness (QED) is 0.557. The van der Waals surface area contributed by atoms with Crippen molar-refractivity contribution in [2.75, 3.05) is 13.2 Å². The number of carbonyl (C=O) groups is 2. The van der Waals surface area contributed by atoms with E-state index in [-0.39, 0.29) is 24.1 Å². The van der Waals surface area contributed by atoms with Gasteiger partial charge < -0.3 is 25.6 Å². The minimum atomic E-state index is -0.967. The third-order valence-electron chi connectivity index (χ3n) is 4.46. The molecule has 3 atom stereocenters.